The van der Waals surface area contributed by atoms with Crippen molar-refractivity contribution in [2.24, 2.45) is 5.41 Å². The first-order valence-corrected chi connectivity index (χ1v) is 2.73. The Labute approximate surface area is 54.2 Å². The highest BCUT2D eigenvalue weighted by atomic mass is 16.4. The molecule has 3 nitrogen and oxygen atoms in total. The van der Waals surface area contributed by atoms with Crippen LogP contribution in [0, 0.1) is 10.8 Å². The SMILES string of the molecule is CC(C)(CC=N)C(=O)O. The standard InChI is InChI=1S/C6H11NO2/c1-6(2,3-4-7)5(8)9/h4,7H,3H2,1-2H3,(H,8,9). The second kappa shape index (κ2) is 2.62. The van der Waals surface area contributed by atoms with Crippen LogP contribution in [-0.4, -0.2) is 17.3 Å². The summed E-state index contributed by atoms with van der Waals surface area (Å²) < 4.78 is 0. The summed E-state index contributed by atoms with van der Waals surface area (Å²) in [6.07, 6.45) is 1.41. The van der Waals surface area contributed by atoms with E-state index in [4.69, 9.17) is 10.5 Å². The Kier molecular flexibility index (Phi) is 2.37. The highest BCUT2D eigenvalue weighted by Crippen LogP contribution is 2.17. The van der Waals surface area contributed by atoms with E-state index in [2.05, 4.69) is 0 Å². The minimum absolute atomic E-state index is 0.294. The minimum atomic E-state index is -0.856. The summed E-state index contributed by atoms with van der Waals surface area (Å²) in [6, 6.07) is 0. The molecular formula is C6H11NO2. The van der Waals surface area contributed by atoms with E-state index in [9.17, 15) is 4.79 Å². The zero-order chi connectivity index (χ0) is 7.49. The van der Waals surface area contributed by atoms with Crippen LogP contribution >= 0.6 is 0 Å². The zero-order valence-corrected chi connectivity index (χ0v) is 5.64. The third-order valence-corrected chi connectivity index (χ3v) is 1.19. The van der Waals surface area contributed by atoms with Gasteiger partial charge in [-0.25, -0.2) is 0 Å². The average molecular weight is 129 g/mol. The normalized spacial score (nSPS) is 10.9. The van der Waals surface area contributed by atoms with Crippen molar-refractivity contribution in [2.45, 2.75) is 20.3 Å². The molecular weight excluding hydrogens is 118 g/mol. The van der Waals surface area contributed by atoms with Gasteiger partial charge in [-0.2, -0.15) is 0 Å². The Morgan fingerprint density at radius 1 is 1.78 bits per heavy atom. The number of rotatable bonds is 3. The summed E-state index contributed by atoms with van der Waals surface area (Å²) in [5.74, 6) is -0.856. The lowest BCUT2D eigenvalue weighted by molar-refractivity contribution is -0.146. The zero-order valence-electron chi connectivity index (χ0n) is 5.64. The first-order chi connectivity index (χ1) is 4.00. The van der Waals surface area contributed by atoms with E-state index in [-0.39, 0.29) is 0 Å². The molecule has 0 aromatic carbocycles. The van der Waals surface area contributed by atoms with Gasteiger partial charge < -0.3 is 10.5 Å². The van der Waals surface area contributed by atoms with E-state index < -0.39 is 11.4 Å². The number of carboxylic acids is 1. The van der Waals surface area contributed by atoms with Gasteiger partial charge in [0.05, 0.1) is 5.41 Å². The lowest BCUT2D eigenvalue weighted by Gasteiger charge is -2.14. The highest BCUT2D eigenvalue weighted by Gasteiger charge is 2.25. The van der Waals surface area contributed by atoms with Crippen LogP contribution in [0.25, 0.3) is 0 Å². The number of hydrogen-bond acceptors (Lipinski definition) is 2. The van der Waals surface area contributed by atoms with Gasteiger partial charge >= 0.3 is 5.97 Å². The molecule has 0 aliphatic heterocycles. The van der Waals surface area contributed by atoms with Gasteiger partial charge in [0.2, 0.25) is 0 Å². The Balaban J connectivity index is 4.00. The van der Waals surface area contributed by atoms with E-state index >= 15 is 0 Å². The summed E-state index contributed by atoms with van der Waals surface area (Å²) in [7, 11) is 0. The molecule has 3 heteroatoms. The molecule has 0 aromatic heterocycles. The van der Waals surface area contributed by atoms with Gasteiger partial charge in [0.1, 0.15) is 0 Å². The molecule has 0 aliphatic carbocycles. The van der Waals surface area contributed by atoms with Gasteiger partial charge in [-0.15, -0.1) is 0 Å². The van der Waals surface area contributed by atoms with Crippen LogP contribution in [-0.2, 0) is 4.79 Å². The first kappa shape index (κ1) is 8.14. The predicted octanol–water partition coefficient (Wildman–Crippen LogP) is 1.14. The van der Waals surface area contributed by atoms with E-state index in [1.54, 1.807) is 13.8 Å². The molecule has 0 atom stereocenters. The quantitative estimate of drug-likeness (QED) is 0.561. The fourth-order valence-corrected chi connectivity index (χ4v) is 0.342. The van der Waals surface area contributed by atoms with Crippen LogP contribution in [0.2, 0.25) is 0 Å². The molecule has 0 unspecified atom stereocenters. The molecule has 52 valence electrons. The van der Waals surface area contributed by atoms with Crippen molar-refractivity contribution in [2.75, 3.05) is 0 Å². The van der Waals surface area contributed by atoms with Crippen LogP contribution in [0.15, 0.2) is 0 Å². The molecule has 0 saturated carbocycles. The van der Waals surface area contributed by atoms with Crippen molar-refractivity contribution < 1.29 is 9.90 Å². The number of aliphatic carboxylic acids is 1. The number of hydrogen-bond donors (Lipinski definition) is 2. The Morgan fingerprint density at radius 3 is 2.33 bits per heavy atom. The smallest absolute Gasteiger partial charge is 0.309 e. The molecule has 0 spiro atoms. The van der Waals surface area contributed by atoms with Crippen molar-refractivity contribution >= 4 is 12.2 Å². The lowest BCUT2D eigenvalue weighted by Crippen LogP contribution is -2.23. The van der Waals surface area contributed by atoms with Crippen LogP contribution in [0.5, 0.6) is 0 Å². The van der Waals surface area contributed by atoms with E-state index in [1.807, 2.05) is 0 Å². The Hall–Kier alpha value is -0.860. The fraction of sp³-hybridized carbons (Fsp3) is 0.667. The largest absolute Gasteiger partial charge is 0.481 e. The van der Waals surface area contributed by atoms with Gasteiger partial charge in [0.25, 0.3) is 0 Å². The van der Waals surface area contributed by atoms with Gasteiger partial charge in [0.15, 0.2) is 0 Å². The highest BCUT2D eigenvalue weighted by molar-refractivity contribution is 5.77. The van der Waals surface area contributed by atoms with E-state index in [1.165, 1.54) is 0 Å². The summed E-state index contributed by atoms with van der Waals surface area (Å²) >= 11 is 0. The second-order valence-corrected chi connectivity index (χ2v) is 2.60. The molecule has 0 amide bonds. The summed E-state index contributed by atoms with van der Waals surface area (Å²) in [6.45, 7) is 3.20. The molecule has 0 radical (unpaired) electrons. The van der Waals surface area contributed by atoms with Gasteiger partial charge in [-0.3, -0.25) is 4.79 Å². The van der Waals surface area contributed by atoms with E-state index in [0.717, 1.165) is 6.21 Å². The summed E-state index contributed by atoms with van der Waals surface area (Å²) in [5.41, 5.74) is -0.776. The Morgan fingerprint density at radius 2 is 2.22 bits per heavy atom. The lowest BCUT2D eigenvalue weighted by atomic mass is 9.90. The monoisotopic (exact) mass is 129 g/mol. The molecule has 9 heavy (non-hydrogen) atoms. The van der Waals surface area contributed by atoms with Crippen molar-refractivity contribution in [3.05, 3.63) is 0 Å². The van der Waals surface area contributed by atoms with Crippen molar-refractivity contribution in [3.8, 4) is 0 Å². The van der Waals surface area contributed by atoms with Crippen LogP contribution < -0.4 is 0 Å². The molecule has 0 aromatic rings. The van der Waals surface area contributed by atoms with Crippen LogP contribution in [0.3, 0.4) is 0 Å². The van der Waals surface area contributed by atoms with Gasteiger partial charge in [-0.1, -0.05) is 0 Å². The maximum atomic E-state index is 10.3. The first-order valence-electron chi connectivity index (χ1n) is 2.73. The Bertz CT molecular complexity index is 129. The fourth-order valence-electron chi connectivity index (χ4n) is 0.342. The molecule has 0 saturated heterocycles. The van der Waals surface area contributed by atoms with Gasteiger partial charge in [-0.05, 0) is 26.5 Å². The minimum Gasteiger partial charge on any atom is -0.481 e. The van der Waals surface area contributed by atoms with Gasteiger partial charge in [0, 0.05) is 0 Å². The topological polar surface area (TPSA) is 61.2 Å². The molecule has 0 fully saturated rings. The van der Waals surface area contributed by atoms with Crippen LogP contribution in [0.4, 0.5) is 0 Å². The van der Waals surface area contributed by atoms with Crippen LogP contribution in [0.1, 0.15) is 20.3 Å². The molecule has 2 N–H and O–H groups in total. The predicted molar refractivity (Wildman–Crippen MR) is 34.8 cm³/mol. The molecule has 0 bridgehead atoms. The molecule has 0 heterocycles. The molecule has 0 rings (SSSR count). The third kappa shape index (κ3) is 2.26. The van der Waals surface area contributed by atoms with Crippen molar-refractivity contribution in [1.82, 2.24) is 0 Å². The third-order valence-electron chi connectivity index (χ3n) is 1.19. The summed E-state index contributed by atoms with van der Waals surface area (Å²) in [4.78, 5) is 10.3. The van der Waals surface area contributed by atoms with Crippen molar-refractivity contribution in [3.63, 3.8) is 0 Å². The molecule has 0 aliphatic rings. The number of carbonyl (C=O) groups is 1. The summed E-state index contributed by atoms with van der Waals surface area (Å²) in [5, 5.41) is 15.1. The second-order valence-electron chi connectivity index (χ2n) is 2.60. The maximum absolute atomic E-state index is 10.3. The van der Waals surface area contributed by atoms with Crippen molar-refractivity contribution in [1.29, 1.82) is 5.41 Å². The number of carboxylic acid groups (broad SMARTS) is 1. The average Bonchev–Trinajstić information content (AvgIpc) is 1.65. The number of nitrogens with one attached hydrogen (secondary N) is 1. The van der Waals surface area contributed by atoms with E-state index in [0.29, 0.717) is 6.42 Å². The maximum Gasteiger partial charge on any atom is 0.309 e.